The highest BCUT2D eigenvalue weighted by Crippen LogP contribution is 2.40. The Labute approximate surface area is 189 Å². The number of halogens is 1. The summed E-state index contributed by atoms with van der Waals surface area (Å²) in [6.45, 7) is 12.0. The van der Waals surface area contributed by atoms with Gasteiger partial charge in [-0.25, -0.2) is 0 Å². The monoisotopic (exact) mass is 440 g/mol. The summed E-state index contributed by atoms with van der Waals surface area (Å²) < 4.78 is 5.25. The predicted molar refractivity (Wildman–Crippen MR) is 126 cm³/mol. The molecule has 164 valence electrons. The van der Waals surface area contributed by atoms with Crippen LogP contribution in [0.3, 0.4) is 0 Å². The largest absolute Gasteiger partial charge is 0.507 e. The molecule has 2 N–H and O–H groups in total. The SMILES string of the molecule is COc1ccc(Cl)cc1NC(=O)/C(C#N)=C/c1cc(C(C)(C)C)c(O)c(C(C)(C)C)c1. The lowest BCUT2D eigenvalue weighted by molar-refractivity contribution is -0.112. The van der Waals surface area contributed by atoms with E-state index >= 15 is 0 Å². The maximum atomic E-state index is 12.8. The summed E-state index contributed by atoms with van der Waals surface area (Å²) >= 11 is 6.03. The number of carbonyl (C=O) groups is 1. The van der Waals surface area contributed by atoms with Gasteiger partial charge in [-0.1, -0.05) is 53.1 Å². The number of anilines is 1. The molecule has 0 radical (unpaired) electrons. The number of hydrogen-bond donors (Lipinski definition) is 2. The number of phenolic OH excluding ortho intramolecular Hbond substituents is 1. The molecule has 5 nitrogen and oxygen atoms in total. The van der Waals surface area contributed by atoms with Crippen LogP contribution in [0.1, 0.15) is 58.2 Å². The smallest absolute Gasteiger partial charge is 0.266 e. The number of nitriles is 1. The van der Waals surface area contributed by atoms with Crippen molar-refractivity contribution in [1.82, 2.24) is 0 Å². The van der Waals surface area contributed by atoms with Crippen molar-refractivity contribution in [3.8, 4) is 17.6 Å². The minimum Gasteiger partial charge on any atom is -0.507 e. The Hall–Kier alpha value is -2.97. The quantitative estimate of drug-likeness (QED) is 0.438. The first-order chi connectivity index (χ1) is 14.3. The summed E-state index contributed by atoms with van der Waals surface area (Å²) in [7, 11) is 1.48. The third kappa shape index (κ3) is 5.80. The van der Waals surface area contributed by atoms with Gasteiger partial charge < -0.3 is 15.2 Å². The Morgan fingerprint density at radius 3 is 2.10 bits per heavy atom. The van der Waals surface area contributed by atoms with Crippen molar-refractivity contribution in [2.24, 2.45) is 0 Å². The Bertz CT molecular complexity index is 1030. The van der Waals surface area contributed by atoms with Gasteiger partial charge in [-0.05, 0) is 52.8 Å². The van der Waals surface area contributed by atoms with E-state index in [-0.39, 0.29) is 22.2 Å². The minimum absolute atomic E-state index is 0.0764. The number of nitrogens with one attached hydrogen (secondary N) is 1. The van der Waals surface area contributed by atoms with E-state index in [1.807, 2.05) is 59.7 Å². The number of rotatable bonds is 4. The molecular formula is C25H29ClN2O3. The van der Waals surface area contributed by atoms with Gasteiger partial charge in [0.2, 0.25) is 0 Å². The molecule has 2 aromatic rings. The van der Waals surface area contributed by atoms with E-state index in [1.165, 1.54) is 13.2 Å². The standard InChI is InChI=1S/C25H29ClN2O3/c1-24(2,3)18-11-15(12-19(22(18)29)25(4,5)6)10-16(14-27)23(30)28-20-13-17(26)8-9-21(20)31-7/h8-13,29H,1-7H3,(H,28,30)/b16-10+. The molecule has 31 heavy (non-hydrogen) atoms. The van der Waals surface area contributed by atoms with E-state index in [1.54, 1.807) is 18.2 Å². The zero-order valence-corrected chi connectivity index (χ0v) is 19.8. The molecule has 0 atom stereocenters. The molecule has 0 aromatic heterocycles. The number of methoxy groups -OCH3 is 1. The molecule has 0 saturated heterocycles. The summed E-state index contributed by atoms with van der Waals surface area (Å²) in [6.07, 6.45) is 1.52. The number of carbonyl (C=O) groups excluding carboxylic acids is 1. The van der Waals surface area contributed by atoms with E-state index in [2.05, 4.69) is 5.32 Å². The lowest BCUT2D eigenvalue weighted by Crippen LogP contribution is -2.18. The Morgan fingerprint density at radius 2 is 1.65 bits per heavy atom. The molecule has 0 saturated carbocycles. The summed E-state index contributed by atoms with van der Waals surface area (Å²) in [5.74, 6) is 0.0965. The Balaban J connectivity index is 2.55. The highest BCUT2D eigenvalue weighted by atomic mass is 35.5. The third-order valence-electron chi connectivity index (χ3n) is 4.83. The number of nitrogens with zero attached hydrogens (tertiary/aromatic N) is 1. The first-order valence-corrected chi connectivity index (χ1v) is 10.3. The summed E-state index contributed by atoms with van der Waals surface area (Å²) in [4.78, 5) is 12.8. The van der Waals surface area contributed by atoms with E-state index in [0.29, 0.717) is 22.0 Å². The molecule has 0 aliphatic carbocycles. The molecular weight excluding hydrogens is 412 g/mol. The zero-order valence-electron chi connectivity index (χ0n) is 19.1. The van der Waals surface area contributed by atoms with Gasteiger partial charge in [0.1, 0.15) is 23.1 Å². The third-order valence-corrected chi connectivity index (χ3v) is 5.07. The highest BCUT2D eigenvalue weighted by Gasteiger charge is 2.26. The Morgan fingerprint density at radius 1 is 1.10 bits per heavy atom. The highest BCUT2D eigenvalue weighted by molar-refractivity contribution is 6.31. The van der Waals surface area contributed by atoms with Crippen LogP contribution < -0.4 is 10.1 Å². The van der Waals surface area contributed by atoms with Gasteiger partial charge in [-0.3, -0.25) is 4.79 Å². The zero-order chi connectivity index (χ0) is 23.6. The van der Waals surface area contributed by atoms with Crippen molar-refractivity contribution in [1.29, 1.82) is 5.26 Å². The first kappa shape index (κ1) is 24.3. The minimum atomic E-state index is -0.578. The van der Waals surface area contributed by atoms with Gasteiger partial charge in [0, 0.05) is 16.1 Å². The fourth-order valence-corrected chi connectivity index (χ4v) is 3.34. The normalized spacial score (nSPS) is 12.3. The second kappa shape index (κ2) is 9.03. The molecule has 0 bridgehead atoms. The van der Waals surface area contributed by atoms with Crippen LogP contribution in [0.5, 0.6) is 11.5 Å². The van der Waals surface area contributed by atoms with Crippen molar-refractivity contribution in [3.05, 3.63) is 57.6 Å². The summed E-state index contributed by atoms with van der Waals surface area (Å²) in [6, 6.07) is 10.4. The maximum Gasteiger partial charge on any atom is 0.266 e. The average Bonchev–Trinajstić information content (AvgIpc) is 2.65. The van der Waals surface area contributed by atoms with Gasteiger partial charge >= 0.3 is 0 Å². The van der Waals surface area contributed by atoms with Gasteiger partial charge in [0.05, 0.1) is 12.8 Å². The van der Waals surface area contributed by atoms with Crippen LogP contribution in [0.15, 0.2) is 35.9 Å². The number of benzene rings is 2. The molecule has 2 aromatic carbocycles. The van der Waals surface area contributed by atoms with Crippen LogP contribution in [0.4, 0.5) is 5.69 Å². The van der Waals surface area contributed by atoms with Gasteiger partial charge in [0.15, 0.2) is 0 Å². The van der Waals surface area contributed by atoms with Crippen molar-refractivity contribution in [2.45, 2.75) is 52.4 Å². The van der Waals surface area contributed by atoms with Gasteiger partial charge in [-0.2, -0.15) is 5.26 Å². The number of phenols is 1. The first-order valence-electron chi connectivity index (χ1n) is 9.92. The van der Waals surface area contributed by atoms with Crippen LogP contribution >= 0.6 is 11.6 Å². The summed E-state index contributed by atoms with van der Waals surface area (Å²) in [5, 5.41) is 23.6. The van der Waals surface area contributed by atoms with Crippen LogP contribution in [0.2, 0.25) is 5.02 Å². The molecule has 0 aliphatic rings. The van der Waals surface area contributed by atoms with E-state index in [0.717, 1.165) is 11.1 Å². The fraction of sp³-hybridized carbons (Fsp3) is 0.360. The van der Waals surface area contributed by atoms with E-state index in [4.69, 9.17) is 16.3 Å². The van der Waals surface area contributed by atoms with E-state index in [9.17, 15) is 15.2 Å². The van der Waals surface area contributed by atoms with Gasteiger partial charge in [-0.15, -0.1) is 0 Å². The van der Waals surface area contributed by atoms with Crippen molar-refractivity contribution < 1.29 is 14.6 Å². The van der Waals surface area contributed by atoms with Crippen LogP contribution in [0.25, 0.3) is 6.08 Å². The fourth-order valence-electron chi connectivity index (χ4n) is 3.17. The lowest BCUT2D eigenvalue weighted by Gasteiger charge is -2.28. The molecule has 1 amide bonds. The molecule has 2 rings (SSSR count). The molecule has 0 heterocycles. The average molecular weight is 441 g/mol. The number of ether oxygens (including phenoxy) is 1. The van der Waals surface area contributed by atoms with E-state index < -0.39 is 5.91 Å². The van der Waals surface area contributed by atoms with Crippen molar-refractivity contribution >= 4 is 29.3 Å². The van der Waals surface area contributed by atoms with Crippen LogP contribution in [0, 0.1) is 11.3 Å². The summed E-state index contributed by atoms with van der Waals surface area (Å²) in [5.41, 5.74) is 1.82. The molecule has 6 heteroatoms. The molecule has 0 unspecified atom stereocenters. The molecule has 0 fully saturated rings. The lowest BCUT2D eigenvalue weighted by atomic mass is 9.78. The van der Waals surface area contributed by atoms with Gasteiger partial charge in [0.25, 0.3) is 5.91 Å². The topological polar surface area (TPSA) is 82.3 Å². The number of amides is 1. The van der Waals surface area contributed by atoms with Crippen LogP contribution in [-0.4, -0.2) is 18.1 Å². The second-order valence-electron chi connectivity index (χ2n) is 9.43. The Kier molecular flexibility index (Phi) is 7.08. The number of aromatic hydroxyl groups is 1. The maximum absolute atomic E-state index is 12.8. The van der Waals surface area contributed by atoms with Crippen molar-refractivity contribution in [2.75, 3.05) is 12.4 Å². The second-order valence-corrected chi connectivity index (χ2v) is 9.87. The predicted octanol–water partition coefficient (Wildman–Crippen LogP) is 6.19. The molecule has 0 aliphatic heterocycles. The van der Waals surface area contributed by atoms with Crippen molar-refractivity contribution in [3.63, 3.8) is 0 Å². The van der Waals surface area contributed by atoms with Crippen LogP contribution in [-0.2, 0) is 15.6 Å². The molecule has 0 spiro atoms. The number of hydrogen-bond acceptors (Lipinski definition) is 4.